The van der Waals surface area contributed by atoms with Crippen LogP contribution in [0, 0.1) is 5.82 Å². The molecular weight excluding hydrogens is 375 g/mol. The van der Waals surface area contributed by atoms with Crippen LogP contribution in [0.5, 0.6) is 5.75 Å². The van der Waals surface area contributed by atoms with Crippen molar-refractivity contribution in [1.29, 1.82) is 0 Å². The first-order valence-corrected chi connectivity index (χ1v) is 8.47. The van der Waals surface area contributed by atoms with E-state index in [4.69, 9.17) is 4.74 Å². The summed E-state index contributed by atoms with van der Waals surface area (Å²) < 4.78 is 18.9. The molecule has 1 amide bonds. The molecule has 0 heterocycles. The highest BCUT2D eigenvalue weighted by atomic mass is 79.9. The summed E-state index contributed by atoms with van der Waals surface area (Å²) in [7, 11) is 1.63. The van der Waals surface area contributed by atoms with Gasteiger partial charge in [-0.1, -0.05) is 12.1 Å². The first-order chi connectivity index (χ1) is 11.5. The first-order valence-electron chi connectivity index (χ1n) is 7.67. The molecule has 0 unspecified atom stereocenters. The molecule has 2 aromatic rings. The van der Waals surface area contributed by atoms with Gasteiger partial charge in [0.2, 0.25) is 0 Å². The monoisotopic (exact) mass is 395 g/mol. The van der Waals surface area contributed by atoms with Gasteiger partial charge in [0.25, 0.3) is 5.91 Å². The van der Waals surface area contributed by atoms with Crippen molar-refractivity contribution in [2.75, 3.05) is 13.7 Å². The third-order valence-corrected chi connectivity index (χ3v) is 4.38. The van der Waals surface area contributed by atoms with Gasteiger partial charge in [-0.15, -0.1) is 0 Å². The molecule has 0 aliphatic rings. The third-order valence-electron chi connectivity index (χ3n) is 3.76. The van der Waals surface area contributed by atoms with E-state index >= 15 is 0 Å². The number of ether oxygens (including phenoxy) is 1. The lowest BCUT2D eigenvalue weighted by Crippen LogP contribution is -2.87. The molecule has 0 bridgehead atoms. The Hall–Kier alpha value is -1.92. The van der Waals surface area contributed by atoms with Crippen LogP contribution < -0.4 is 15.4 Å². The molecule has 6 heteroatoms. The Balaban J connectivity index is 1.80. The lowest BCUT2D eigenvalue weighted by atomic mass is 10.1. The number of quaternary nitrogens is 1. The fourth-order valence-electron chi connectivity index (χ4n) is 2.26. The van der Waals surface area contributed by atoms with Crippen molar-refractivity contribution in [3.05, 3.63) is 63.9 Å². The number of hydrogen-bond donors (Lipinski definition) is 2. The van der Waals surface area contributed by atoms with Gasteiger partial charge in [-0.05, 0) is 58.7 Å². The summed E-state index contributed by atoms with van der Waals surface area (Å²) in [4.78, 5) is 11.9. The molecule has 0 fully saturated rings. The van der Waals surface area contributed by atoms with Crippen LogP contribution in [0.1, 0.15) is 24.1 Å². The van der Waals surface area contributed by atoms with Crippen molar-refractivity contribution in [3.8, 4) is 5.75 Å². The SMILES string of the molecule is COc1ccc([C@H](C)[NH2+]CC(=O)NCc2ccc(F)cc2)cc1Br. The smallest absolute Gasteiger partial charge is 0.275 e. The van der Waals surface area contributed by atoms with Crippen LogP contribution in [0.2, 0.25) is 0 Å². The molecule has 4 nitrogen and oxygen atoms in total. The fourth-order valence-corrected chi connectivity index (χ4v) is 2.82. The predicted molar refractivity (Wildman–Crippen MR) is 94.1 cm³/mol. The van der Waals surface area contributed by atoms with Crippen molar-refractivity contribution in [2.24, 2.45) is 0 Å². The van der Waals surface area contributed by atoms with Crippen LogP contribution in [-0.2, 0) is 11.3 Å². The average molecular weight is 396 g/mol. The average Bonchev–Trinajstić information content (AvgIpc) is 2.59. The molecule has 0 aromatic heterocycles. The fraction of sp³-hybridized carbons (Fsp3) is 0.278. The molecular formula is C18H21BrFN2O2+. The summed E-state index contributed by atoms with van der Waals surface area (Å²) >= 11 is 3.47. The number of carbonyl (C=O) groups excluding carboxylic acids is 1. The molecule has 1 atom stereocenters. The Morgan fingerprint density at radius 1 is 1.29 bits per heavy atom. The van der Waals surface area contributed by atoms with E-state index in [9.17, 15) is 9.18 Å². The Kier molecular flexibility index (Phi) is 6.75. The molecule has 3 N–H and O–H groups in total. The normalized spacial score (nSPS) is 11.8. The van der Waals surface area contributed by atoms with Gasteiger partial charge >= 0.3 is 0 Å². The standard InChI is InChI=1S/C18H20BrFN2O2/c1-12(14-5-8-17(24-2)16(19)9-14)21-11-18(23)22-10-13-3-6-15(20)7-4-13/h3-9,12,21H,10-11H2,1-2H3,(H,22,23)/p+1/t12-/m0/s1. The molecule has 0 aliphatic carbocycles. The Morgan fingerprint density at radius 2 is 2.00 bits per heavy atom. The summed E-state index contributed by atoms with van der Waals surface area (Å²) in [6.07, 6.45) is 0. The number of rotatable bonds is 7. The summed E-state index contributed by atoms with van der Waals surface area (Å²) in [5.74, 6) is 0.444. The largest absolute Gasteiger partial charge is 0.496 e. The van der Waals surface area contributed by atoms with Crippen molar-refractivity contribution < 1.29 is 19.2 Å². The number of nitrogens with one attached hydrogen (secondary N) is 1. The Labute approximate surface area is 149 Å². The number of hydrogen-bond acceptors (Lipinski definition) is 2. The number of benzene rings is 2. The van der Waals surface area contributed by atoms with Crippen LogP contribution >= 0.6 is 15.9 Å². The zero-order valence-electron chi connectivity index (χ0n) is 13.7. The van der Waals surface area contributed by atoms with E-state index in [-0.39, 0.29) is 17.8 Å². The van der Waals surface area contributed by atoms with Crippen molar-refractivity contribution in [1.82, 2.24) is 5.32 Å². The zero-order chi connectivity index (χ0) is 17.5. The lowest BCUT2D eigenvalue weighted by Gasteiger charge is -2.13. The van der Waals surface area contributed by atoms with Gasteiger partial charge in [0.05, 0.1) is 11.6 Å². The summed E-state index contributed by atoms with van der Waals surface area (Å²) in [5, 5.41) is 4.80. The summed E-state index contributed by atoms with van der Waals surface area (Å²) in [5.41, 5.74) is 1.98. The van der Waals surface area contributed by atoms with E-state index in [0.29, 0.717) is 13.1 Å². The van der Waals surface area contributed by atoms with Gasteiger partial charge < -0.3 is 15.4 Å². The van der Waals surface area contributed by atoms with Crippen LogP contribution in [0.4, 0.5) is 4.39 Å². The van der Waals surface area contributed by atoms with Crippen molar-refractivity contribution in [3.63, 3.8) is 0 Å². The zero-order valence-corrected chi connectivity index (χ0v) is 15.3. The minimum absolute atomic E-state index is 0.0567. The van der Waals surface area contributed by atoms with Gasteiger partial charge in [0.15, 0.2) is 6.54 Å². The topological polar surface area (TPSA) is 54.9 Å². The molecule has 2 rings (SSSR count). The second-order valence-electron chi connectivity index (χ2n) is 5.53. The summed E-state index contributed by atoms with van der Waals surface area (Å²) in [6, 6.07) is 12.1. The number of nitrogens with two attached hydrogens (primary N) is 1. The van der Waals surface area contributed by atoms with E-state index < -0.39 is 0 Å². The van der Waals surface area contributed by atoms with Crippen LogP contribution in [0.15, 0.2) is 46.9 Å². The molecule has 2 aromatic carbocycles. The maximum Gasteiger partial charge on any atom is 0.275 e. The highest BCUT2D eigenvalue weighted by molar-refractivity contribution is 9.10. The highest BCUT2D eigenvalue weighted by Gasteiger charge is 2.13. The van der Waals surface area contributed by atoms with Crippen LogP contribution in [0.25, 0.3) is 0 Å². The van der Waals surface area contributed by atoms with Gasteiger partial charge in [-0.3, -0.25) is 4.79 Å². The maximum absolute atomic E-state index is 12.8. The molecule has 0 aliphatic heterocycles. The minimum Gasteiger partial charge on any atom is -0.496 e. The van der Waals surface area contributed by atoms with Crippen LogP contribution in [-0.4, -0.2) is 19.6 Å². The van der Waals surface area contributed by atoms with Gasteiger partial charge in [-0.2, -0.15) is 0 Å². The molecule has 128 valence electrons. The van der Waals surface area contributed by atoms with E-state index in [1.54, 1.807) is 19.2 Å². The van der Waals surface area contributed by atoms with E-state index in [0.717, 1.165) is 21.3 Å². The molecule has 0 saturated heterocycles. The van der Waals surface area contributed by atoms with Gasteiger partial charge in [-0.25, -0.2) is 4.39 Å². The lowest BCUT2D eigenvalue weighted by molar-refractivity contribution is -0.682. The van der Waals surface area contributed by atoms with E-state index in [1.807, 2.05) is 30.4 Å². The Bertz CT molecular complexity index is 692. The maximum atomic E-state index is 12.8. The number of halogens is 2. The second kappa shape index (κ2) is 8.80. The van der Waals surface area contributed by atoms with Crippen LogP contribution in [0.3, 0.4) is 0 Å². The van der Waals surface area contributed by atoms with E-state index in [1.165, 1.54) is 12.1 Å². The summed E-state index contributed by atoms with van der Waals surface area (Å²) in [6.45, 7) is 2.77. The van der Waals surface area contributed by atoms with E-state index in [2.05, 4.69) is 21.2 Å². The quantitative estimate of drug-likeness (QED) is 0.756. The highest BCUT2D eigenvalue weighted by Crippen LogP contribution is 2.26. The Morgan fingerprint density at radius 3 is 2.62 bits per heavy atom. The van der Waals surface area contributed by atoms with Crippen molar-refractivity contribution >= 4 is 21.8 Å². The molecule has 0 saturated carbocycles. The van der Waals surface area contributed by atoms with Gasteiger partial charge in [0.1, 0.15) is 17.6 Å². The second-order valence-corrected chi connectivity index (χ2v) is 6.38. The molecule has 0 spiro atoms. The molecule has 24 heavy (non-hydrogen) atoms. The number of amides is 1. The molecule has 0 radical (unpaired) electrons. The first kappa shape index (κ1) is 18.4. The number of carbonyl (C=O) groups is 1. The predicted octanol–water partition coefficient (Wildman–Crippen LogP) is 2.54. The third kappa shape index (κ3) is 5.32. The van der Waals surface area contributed by atoms with Gasteiger partial charge in [0, 0.05) is 12.1 Å². The van der Waals surface area contributed by atoms with Crippen molar-refractivity contribution in [2.45, 2.75) is 19.5 Å². The minimum atomic E-state index is -0.280. The number of methoxy groups -OCH3 is 1.